The highest BCUT2D eigenvalue weighted by molar-refractivity contribution is 8.27. The van der Waals surface area contributed by atoms with Crippen molar-refractivity contribution in [2.75, 3.05) is 11.5 Å². The molecule has 3 rings (SSSR count). The summed E-state index contributed by atoms with van der Waals surface area (Å²) in [7, 11) is 0. The summed E-state index contributed by atoms with van der Waals surface area (Å²) in [5, 5.41) is 0. The van der Waals surface area contributed by atoms with Crippen molar-refractivity contribution in [3.63, 3.8) is 0 Å². The Morgan fingerprint density at radius 3 is 2.67 bits per heavy atom. The van der Waals surface area contributed by atoms with Crippen molar-refractivity contribution in [1.29, 1.82) is 0 Å². The molecule has 0 aliphatic carbocycles. The zero-order valence-corrected chi connectivity index (χ0v) is 14.5. The van der Waals surface area contributed by atoms with Gasteiger partial charge in [-0.3, -0.25) is 9.69 Å². The van der Waals surface area contributed by atoms with Crippen LogP contribution in [0.4, 0.5) is 10.1 Å². The fraction of sp³-hybridized carbons (Fsp3) is 0.111. The van der Waals surface area contributed by atoms with Crippen LogP contribution in [-0.2, 0) is 4.79 Å². The Hall–Kier alpha value is -2.18. The molecule has 2 aromatic rings. The Bertz CT molecular complexity index is 818. The third-order valence-corrected chi connectivity index (χ3v) is 4.65. The van der Waals surface area contributed by atoms with Gasteiger partial charge in [-0.25, -0.2) is 4.39 Å². The first-order valence-electron chi connectivity index (χ1n) is 7.35. The summed E-state index contributed by atoms with van der Waals surface area (Å²) in [5.74, 6) is 0.128. The number of hydrogen-bond donors (Lipinski definition) is 0. The zero-order chi connectivity index (χ0) is 17.1. The fourth-order valence-corrected chi connectivity index (χ4v) is 3.58. The smallest absolute Gasteiger partial charge is 0.270 e. The van der Waals surface area contributed by atoms with Crippen LogP contribution in [-0.4, -0.2) is 16.8 Å². The number of carbonyl (C=O) groups excluding carboxylic acids is 1. The number of halogens is 1. The second-order valence-electron chi connectivity index (χ2n) is 5.00. The summed E-state index contributed by atoms with van der Waals surface area (Å²) in [6.07, 6.45) is 1.77. The predicted molar refractivity (Wildman–Crippen MR) is 99.7 cm³/mol. The molecule has 3 nitrogen and oxygen atoms in total. The highest BCUT2D eigenvalue weighted by Gasteiger charge is 2.33. The number of ether oxygens (including phenoxy) is 1. The Morgan fingerprint density at radius 2 is 2.00 bits per heavy atom. The Morgan fingerprint density at radius 1 is 1.25 bits per heavy atom. The second kappa shape index (κ2) is 7.15. The Labute approximate surface area is 149 Å². The highest BCUT2D eigenvalue weighted by Crippen LogP contribution is 2.36. The van der Waals surface area contributed by atoms with E-state index < -0.39 is 5.82 Å². The number of amides is 1. The SMILES string of the molecule is CCOc1ccc(/C=C2\SC(=S)N(c3cccc(F)c3)C2=O)cc1. The molecule has 0 unspecified atom stereocenters. The van der Waals surface area contributed by atoms with Crippen molar-refractivity contribution in [2.24, 2.45) is 0 Å². The minimum atomic E-state index is -0.406. The average molecular weight is 359 g/mol. The molecule has 1 heterocycles. The summed E-state index contributed by atoms with van der Waals surface area (Å²) in [5.41, 5.74) is 1.31. The number of thiocarbonyl (C=S) groups is 1. The van der Waals surface area contributed by atoms with Gasteiger partial charge in [-0.1, -0.05) is 42.2 Å². The van der Waals surface area contributed by atoms with Crippen molar-refractivity contribution >= 4 is 46.0 Å². The van der Waals surface area contributed by atoms with Crippen LogP contribution in [0.3, 0.4) is 0 Å². The molecule has 0 bridgehead atoms. The molecule has 0 atom stereocenters. The van der Waals surface area contributed by atoms with Crippen LogP contribution >= 0.6 is 24.0 Å². The van der Waals surface area contributed by atoms with Crippen LogP contribution in [0.25, 0.3) is 6.08 Å². The summed E-state index contributed by atoms with van der Waals surface area (Å²) in [4.78, 5) is 14.5. The molecule has 2 aromatic carbocycles. The largest absolute Gasteiger partial charge is 0.494 e. The highest BCUT2D eigenvalue weighted by atomic mass is 32.2. The molecule has 0 saturated carbocycles. The summed E-state index contributed by atoms with van der Waals surface area (Å²) >= 11 is 6.48. The first-order valence-corrected chi connectivity index (χ1v) is 8.57. The molecule has 1 aliphatic heterocycles. The van der Waals surface area contributed by atoms with E-state index in [-0.39, 0.29) is 5.91 Å². The van der Waals surface area contributed by atoms with Gasteiger partial charge in [0, 0.05) is 0 Å². The van der Waals surface area contributed by atoms with Crippen LogP contribution in [0.2, 0.25) is 0 Å². The molecule has 24 heavy (non-hydrogen) atoms. The third kappa shape index (κ3) is 3.49. The second-order valence-corrected chi connectivity index (χ2v) is 6.67. The van der Waals surface area contributed by atoms with Crippen LogP contribution in [0.15, 0.2) is 53.4 Å². The zero-order valence-electron chi connectivity index (χ0n) is 12.9. The molecular formula is C18H14FNO2S2. The third-order valence-electron chi connectivity index (χ3n) is 3.35. The Kier molecular flexibility index (Phi) is 4.97. The Balaban J connectivity index is 1.85. The molecule has 0 radical (unpaired) electrons. The van der Waals surface area contributed by atoms with Gasteiger partial charge in [0.25, 0.3) is 5.91 Å². The number of thioether (sulfide) groups is 1. The average Bonchev–Trinajstić information content (AvgIpc) is 2.83. The molecule has 0 N–H and O–H groups in total. The maximum Gasteiger partial charge on any atom is 0.270 e. The van der Waals surface area contributed by atoms with Crippen molar-refractivity contribution in [3.05, 3.63) is 64.8 Å². The van der Waals surface area contributed by atoms with Gasteiger partial charge in [-0.2, -0.15) is 0 Å². The van der Waals surface area contributed by atoms with Crippen molar-refractivity contribution in [2.45, 2.75) is 6.92 Å². The van der Waals surface area contributed by atoms with E-state index in [1.165, 1.54) is 28.8 Å². The van der Waals surface area contributed by atoms with Gasteiger partial charge in [-0.15, -0.1) is 0 Å². The van der Waals surface area contributed by atoms with E-state index in [9.17, 15) is 9.18 Å². The molecule has 1 amide bonds. The monoisotopic (exact) mass is 359 g/mol. The fourth-order valence-electron chi connectivity index (χ4n) is 2.28. The maximum absolute atomic E-state index is 13.4. The van der Waals surface area contributed by atoms with E-state index in [1.807, 2.05) is 31.2 Å². The predicted octanol–water partition coefficient (Wildman–Crippen LogP) is 4.63. The normalized spacial score (nSPS) is 16.1. The van der Waals surface area contributed by atoms with Crippen molar-refractivity contribution < 1.29 is 13.9 Å². The minimum Gasteiger partial charge on any atom is -0.494 e. The molecule has 1 fully saturated rings. The number of nitrogens with zero attached hydrogens (tertiary/aromatic N) is 1. The van der Waals surface area contributed by atoms with Gasteiger partial charge < -0.3 is 4.74 Å². The number of rotatable bonds is 4. The number of carbonyl (C=O) groups is 1. The van der Waals surface area contributed by atoms with Gasteiger partial charge in [0.2, 0.25) is 0 Å². The minimum absolute atomic E-state index is 0.246. The standard InChI is InChI=1S/C18H14FNO2S2/c1-2-22-15-8-6-12(7-9-15)10-16-17(21)20(18(23)24-16)14-5-3-4-13(19)11-14/h3-11H,2H2,1H3/b16-10-. The molecule has 0 spiro atoms. The lowest BCUT2D eigenvalue weighted by molar-refractivity contribution is -0.113. The first-order chi connectivity index (χ1) is 11.6. The molecule has 1 saturated heterocycles. The van der Waals surface area contributed by atoms with Gasteiger partial charge in [0.15, 0.2) is 4.32 Å². The van der Waals surface area contributed by atoms with Gasteiger partial charge >= 0.3 is 0 Å². The van der Waals surface area contributed by atoms with E-state index in [4.69, 9.17) is 17.0 Å². The van der Waals surface area contributed by atoms with E-state index in [0.717, 1.165) is 11.3 Å². The molecular weight excluding hydrogens is 345 g/mol. The van der Waals surface area contributed by atoms with Gasteiger partial charge in [0.1, 0.15) is 11.6 Å². The van der Waals surface area contributed by atoms with Crippen LogP contribution in [0.5, 0.6) is 5.75 Å². The van der Waals surface area contributed by atoms with Gasteiger partial charge in [0.05, 0.1) is 17.2 Å². The van der Waals surface area contributed by atoms with Crippen LogP contribution < -0.4 is 9.64 Å². The van der Waals surface area contributed by atoms with E-state index >= 15 is 0 Å². The lowest BCUT2D eigenvalue weighted by Gasteiger charge is -2.14. The topological polar surface area (TPSA) is 29.5 Å². The summed E-state index contributed by atoms with van der Waals surface area (Å²) in [6.45, 7) is 2.53. The number of anilines is 1. The van der Waals surface area contributed by atoms with E-state index in [0.29, 0.717) is 21.5 Å². The molecule has 1 aliphatic rings. The van der Waals surface area contributed by atoms with Crippen LogP contribution in [0, 0.1) is 5.82 Å². The molecule has 6 heteroatoms. The van der Waals surface area contributed by atoms with E-state index in [1.54, 1.807) is 18.2 Å². The quantitative estimate of drug-likeness (QED) is 0.588. The number of hydrogen-bond acceptors (Lipinski definition) is 4. The van der Waals surface area contributed by atoms with Crippen LogP contribution in [0.1, 0.15) is 12.5 Å². The van der Waals surface area contributed by atoms with Crippen molar-refractivity contribution in [1.82, 2.24) is 0 Å². The summed E-state index contributed by atoms with van der Waals surface area (Å²) in [6, 6.07) is 13.3. The van der Waals surface area contributed by atoms with Crippen molar-refractivity contribution in [3.8, 4) is 5.75 Å². The lowest BCUT2D eigenvalue weighted by atomic mass is 10.2. The van der Waals surface area contributed by atoms with E-state index in [2.05, 4.69) is 0 Å². The molecule has 0 aromatic heterocycles. The van der Waals surface area contributed by atoms with Gasteiger partial charge in [-0.05, 0) is 48.9 Å². The lowest BCUT2D eigenvalue weighted by Crippen LogP contribution is -2.27. The first kappa shape index (κ1) is 16.7. The summed E-state index contributed by atoms with van der Waals surface area (Å²) < 4.78 is 19.2. The molecule has 122 valence electrons. The number of benzene rings is 2. The maximum atomic E-state index is 13.4.